The maximum atomic E-state index is 13.1. The van der Waals surface area contributed by atoms with Crippen LogP contribution in [0.15, 0.2) is 60.7 Å². The van der Waals surface area contributed by atoms with Crippen molar-refractivity contribution in [2.45, 2.75) is 0 Å². The van der Waals surface area contributed by atoms with E-state index < -0.39 is 11.9 Å². The molecule has 3 aromatic carbocycles. The average molecular weight is 369 g/mol. The number of carbonyl (C=O) groups is 3. The number of hydrogen-bond donors (Lipinski definition) is 0. The number of esters is 2. The highest BCUT2D eigenvalue weighted by molar-refractivity contribution is 6.15. The van der Waals surface area contributed by atoms with Crippen LogP contribution in [0.5, 0.6) is 11.5 Å². The number of hydrogen-bond acceptors (Lipinski definition) is 6. The van der Waals surface area contributed by atoms with E-state index >= 15 is 0 Å². The summed E-state index contributed by atoms with van der Waals surface area (Å²) >= 11 is 0. The molecule has 0 saturated carbocycles. The van der Waals surface area contributed by atoms with Crippen LogP contribution in [0.1, 0.15) is 31.1 Å². The summed E-state index contributed by atoms with van der Waals surface area (Å²) in [6.45, 7) is 0. The van der Waals surface area contributed by atoms with Crippen molar-refractivity contribution in [3.8, 4) is 11.5 Å². The van der Waals surface area contributed by atoms with Crippen LogP contribution in [0.3, 0.4) is 0 Å². The smallest absolute Gasteiger partial charge is 0.351 e. The molecule has 0 atom stereocenters. The molecule has 0 spiro atoms. The molecule has 0 saturated heterocycles. The Balaban J connectivity index is 1.70. The molecule has 0 bridgehead atoms. The van der Waals surface area contributed by atoms with Crippen LogP contribution < -0.4 is 9.47 Å². The lowest BCUT2D eigenvalue weighted by molar-refractivity contribution is 0.0639. The third-order valence-electron chi connectivity index (χ3n) is 4.64. The van der Waals surface area contributed by atoms with Crippen molar-refractivity contribution in [2.24, 2.45) is 0 Å². The number of fused-ring (bicyclic) bond motifs is 3. The van der Waals surface area contributed by atoms with E-state index in [-0.39, 0.29) is 11.3 Å². The molecule has 0 aliphatic carbocycles. The summed E-state index contributed by atoms with van der Waals surface area (Å²) in [7, 11) is 0. The number of aldehydes is 1. The molecule has 134 valence electrons. The molecule has 2 heterocycles. The minimum atomic E-state index is -0.615. The molecular formula is C22H11NO5. The third-order valence-corrected chi connectivity index (χ3v) is 4.64. The maximum Gasteiger partial charge on any atom is 0.351 e. The summed E-state index contributed by atoms with van der Waals surface area (Å²) in [6.07, 6.45) is 0.726. The van der Waals surface area contributed by atoms with Crippen molar-refractivity contribution < 1.29 is 23.9 Å². The van der Waals surface area contributed by atoms with Gasteiger partial charge in [-0.3, -0.25) is 4.79 Å². The van der Waals surface area contributed by atoms with Gasteiger partial charge in [0.25, 0.3) is 0 Å². The standard InChI is InChI=1S/C22H11NO5/c24-11-12-8-9-14-16(10-12)23-15-5-2-1-4-13(15)19(14)21(25)27-17-6-3-7-18-20(17)22(26)28-18/h1-11H. The zero-order valence-corrected chi connectivity index (χ0v) is 14.3. The minimum absolute atomic E-state index is 0.150. The molecule has 6 heteroatoms. The van der Waals surface area contributed by atoms with Crippen LogP contribution in [0.2, 0.25) is 0 Å². The lowest BCUT2D eigenvalue weighted by Crippen LogP contribution is -2.23. The van der Waals surface area contributed by atoms with Crippen molar-refractivity contribution in [3.05, 3.63) is 77.4 Å². The van der Waals surface area contributed by atoms with Crippen molar-refractivity contribution >= 4 is 40.0 Å². The first-order valence-electron chi connectivity index (χ1n) is 8.51. The number of carbonyl (C=O) groups excluding carboxylic acids is 3. The fourth-order valence-corrected chi connectivity index (χ4v) is 3.34. The van der Waals surface area contributed by atoms with E-state index in [0.29, 0.717) is 38.7 Å². The third kappa shape index (κ3) is 2.35. The van der Waals surface area contributed by atoms with Gasteiger partial charge in [0.1, 0.15) is 23.3 Å². The lowest BCUT2D eigenvalue weighted by Gasteiger charge is -2.20. The van der Waals surface area contributed by atoms with Gasteiger partial charge < -0.3 is 9.47 Å². The van der Waals surface area contributed by atoms with Gasteiger partial charge >= 0.3 is 11.9 Å². The first-order valence-corrected chi connectivity index (χ1v) is 8.51. The van der Waals surface area contributed by atoms with Gasteiger partial charge in [0, 0.05) is 16.3 Å². The highest BCUT2D eigenvalue weighted by Crippen LogP contribution is 2.37. The first kappa shape index (κ1) is 16.1. The normalized spacial score (nSPS) is 12.2. The van der Waals surface area contributed by atoms with E-state index in [4.69, 9.17) is 9.47 Å². The van der Waals surface area contributed by atoms with E-state index in [0.717, 1.165) is 6.29 Å². The van der Waals surface area contributed by atoms with Gasteiger partial charge in [-0.15, -0.1) is 0 Å². The van der Waals surface area contributed by atoms with E-state index in [9.17, 15) is 14.4 Å². The van der Waals surface area contributed by atoms with Gasteiger partial charge in [-0.1, -0.05) is 36.4 Å². The number of rotatable bonds is 3. The number of ether oxygens (including phenoxy) is 2. The van der Waals surface area contributed by atoms with E-state index in [1.807, 2.05) is 6.07 Å². The summed E-state index contributed by atoms with van der Waals surface area (Å²) in [5, 5.41) is 1.18. The van der Waals surface area contributed by atoms with Crippen LogP contribution in [0, 0.1) is 0 Å². The van der Waals surface area contributed by atoms with Gasteiger partial charge in [0.05, 0.1) is 16.6 Å². The molecule has 1 aliphatic heterocycles. The summed E-state index contributed by atoms with van der Waals surface area (Å²) in [6, 6.07) is 16.9. The Hall–Kier alpha value is -4.06. The zero-order valence-electron chi connectivity index (χ0n) is 14.3. The molecule has 1 aromatic heterocycles. The quantitative estimate of drug-likeness (QED) is 0.235. The predicted octanol–water partition coefficient (Wildman–Crippen LogP) is 3.95. The maximum absolute atomic E-state index is 13.1. The van der Waals surface area contributed by atoms with Crippen molar-refractivity contribution in [3.63, 3.8) is 0 Å². The summed E-state index contributed by atoms with van der Waals surface area (Å²) in [4.78, 5) is 40.5. The topological polar surface area (TPSA) is 82.6 Å². The van der Waals surface area contributed by atoms with Gasteiger partial charge in [0.2, 0.25) is 0 Å². The second-order valence-corrected chi connectivity index (χ2v) is 6.31. The molecule has 4 aromatic rings. The summed E-state index contributed by atoms with van der Waals surface area (Å²) in [5.41, 5.74) is 2.15. The molecule has 0 fully saturated rings. The van der Waals surface area contributed by atoms with Gasteiger partial charge in [0.15, 0.2) is 0 Å². The van der Waals surface area contributed by atoms with Gasteiger partial charge in [-0.2, -0.15) is 0 Å². The largest absolute Gasteiger partial charge is 0.422 e. The van der Waals surface area contributed by atoms with Crippen LogP contribution in [0.4, 0.5) is 0 Å². The highest BCUT2D eigenvalue weighted by atomic mass is 16.6. The minimum Gasteiger partial charge on any atom is -0.422 e. The van der Waals surface area contributed by atoms with E-state index in [2.05, 4.69) is 4.98 Å². The van der Waals surface area contributed by atoms with Crippen LogP contribution >= 0.6 is 0 Å². The summed E-state index contributed by atoms with van der Waals surface area (Å²) in [5.74, 6) is -0.610. The Morgan fingerprint density at radius 2 is 1.79 bits per heavy atom. The SMILES string of the molecule is O=Cc1ccc2c(C(=O)Oc3cccc4c3C(=O)O4)c3ccccc3nc2c1. The number of benzene rings is 3. The Kier molecular flexibility index (Phi) is 3.45. The Morgan fingerprint density at radius 1 is 0.964 bits per heavy atom. The lowest BCUT2D eigenvalue weighted by atomic mass is 10.0. The van der Waals surface area contributed by atoms with Crippen LogP contribution in [-0.2, 0) is 0 Å². The molecule has 0 N–H and O–H groups in total. The average Bonchev–Trinajstić information content (AvgIpc) is 2.70. The Morgan fingerprint density at radius 3 is 2.61 bits per heavy atom. The Bertz CT molecular complexity index is 1330. The molecular weight excluding hydrogens is 358 g/mol. The Labute approximate surface area is 158 Å². The molecule has 5 rings (SSSR count). The molecule has 0 radical (unpaired) electrons. The van der Waals surface area contributed by atoms with Gasteiger partial charge in [-0.05, 0) is 24.3 Å². The summed E-state index contributed by atoms with van der Waals surface area (Å²) < 4.78 is 10.5. The molecule has 1 aliphatic rings. The number of nitrogens with zero attached hydrogens (tertiary/aromatic N) is 1. The second kappa shape index (κ2) is 5.99. The second-order valence-electron chi connectivity index (χ2n) is 6.31. The van der Waals surface area contributed by atoms with Crippen LogP contribution in [0.25, 0.3) is 21.8 Å². The van der Waals surface area contributed by atoms with Crippen LogP contribution in [-0.4, -0.2) is 23.2 Å². The zero-order chi connectivity index (χ0) is 19.3. The first-order chi connectivity index (χ1) is 13.7. The molecule has 0 amide bonds. The molecule has 0 unspecified atom stereocenters. The van der Waals surface area contributed by atoms with Crippen molar-refractivity contribution in [2.75, 3.05) is 0 Å². The highest BCUT2D eigenvalue weighted by Gasteiger charge is 2.32. The fraction of sp³-hybridized carbons (Fsp3) is 0. The van der Waals surface area contributed by atoms with Crippen molar-refractivity contribution in [1.29, 1.82) is 0 Å². The fourth-order valence-electron chi connectivity index (χ4n) is 3.34. The molecule has 6 nitrogen and oxygen atoms in total. The van der Waals surface area contributed by atoms with Gasteiger partial charge in [-0.25, -0.2) is 14.6 Å². The molecule has 28 heavy (non-hydrogen) atoms. The number of pyridine rings is 1. The number of para-hydroxylation sites is 1. The van der Waals surface area contributed by atoms with E-state index in [1.165, 1.54) is 0 Å². The monoisotopic (exact) mass is 369 g/mol. The predicted molar refractivity (Wildman–Crippen MR) is 101 cm³/mol. The van der Waals surface area contributed by atoms with E-state index in [1.54, 1.807) is 54.6 Å². The van der Waals surface area contributed by atoms with Crippen molar-refractivity contribution in [1.82, 2.24) is 4.98 Å². The number of aromatic nitrogens is 1.